The van der Waals surface area contributed by atoms with Crippen molar-refractivity contribution in [2.24, 2.45) is 7.05 Å². The van der Waals surface area contributed by atoms with Crippen LogP contribution in [0.2, 0.25) is 0 Å². The van der Waals surface area contributed by atoms with Gasteiger partial charge < -0.3 is 9.88 Å². The molecule has 0 aliphatic heterocycles. The zero-order chi connectivity index (χ0) is 27.4. The van der Waals surface area contributed by atoms with Gasteiger partial charge in [0.1, 0.15) is 5.82 Å². The van der Waals surface area contributed by atoms with Crippen LogP contribution in [-0.4, -0.2) is 33.8 Å². The van der Waals surface area contributed by atoms with Crippen LogP contribution in [0.4, 0.5) is 4.79 Å². The van der Waals surface area contributed by atoms with E-state index in [-0.39, 0.29) is 4.90 Å². The number of sulfonamides is 1. The Morgan fingerprint density at radius 1 is 0.949 bits per heavy atom. The second-order valence-electron chi connectivity index (χ2n) is 9.19. The molecule has 39 heavy (non-hydrogen) atoms. The molecule has 0 bridgehead atoms. The molecule has 0 aliphatic carbocycles. The molecule has 0 aliphatic rings. The summed E-state index contributed by atoms with van der Waals surface area (Å²) >= 11 is 0. The number of aryl methyl sites for hydroxylation is 2. The normalized spacial score (nSPS) is 12.2. The van der Waals surface area contributed by atoms with Crippen LogP contribution in [0.3, 0.4) is 0 Å². The average molecular weight is 541 g/mol. The van der Waals surface area contributed by atoms with E-state index < -0.39 is 22.1 Å². The van der Waals surface area contributed by atoms with Gasteiger partial charge in [0.2, 0.25) is 0 Å². The van der Waals surface area contributed by atoms with Gasteiger partial charge in [-0.05, 0) is 48.2 Å². The number of aromatic nitrogens is 4. The van der Waals surface area contributed by atoms with Crippen molar-refractivity contribution in [3.63, 3.8) is 0 Å². The SMILES string of the molecule is Cc1ccccc1S(=O)(=O)NC(=O)N[C@@H](Cc1ccccc1)c1nccn1-c1ccc(-c2cnn(C)c2)cc1. The number of hydrogen-bond acceptors (Lipinski definition) is 5. The number of nitrogens with one attached hydrogen (secondary N) is 2. The van der Waals surface area contributed by atoms with Gasteiger partial charge in [-0.25, -0.2) is 22.9 Å². The lowest BCUT2D eigenvalue weighted by molar-refractivity contribution is 0.241. The smallest absolute Gasteiger partial charge is 0.327 e. The molecular formula is C29H28N6O3S. The molecule has 0 saturated heterocycles. The number of benzene rings is 3. The number of nitrogens with zero attached hydrogens (tertiary/aromatic N) is 4. The minimum absolute atomic E-state index is 0.0509. The fourth-order valence-corrected chi connectivity index (χ4v) is 5.62. The van der Waals surface area contributed by atoms with E-state index in [1.807, 2.05) is 78.6 Å². The molecule has 0 saturated carbocycles. The third-order valence-corrected chi connectivity index (χ3v) is 7.85. The zero-order valence-corrected chi connectivity index (χ0v) is 22.3. The van der Waals surface area contributed by atoms with Gasteiger partial charge in [-0.15, -0.1) is 0 Å². The van der Waals surface area contributed by atoms with E-state index in [4.69, 9.17) is 0 Å². The topological polar surface area (TPSA) is 111 Å². The van der Waals surface area contributed by atoms with Crippen LogP contribution in [0.25, 0.3) is 16.8 Å². The predicted molar refractivity (Wildman–Crippen MR) is 149 cm³/mol. The Labute approximate surface area is 227 Å². The van der Waals surface area contributed by atoms with Crippen LogP contribution >= 0.6 is 0 Å². The summed E-state index contributed by atoms with van der Waals surface area (Å²) in [6.07, 6.45) is 7.63. The molecule has 2 aromatic heterocycles. The van der Waals surface area contributed by atoms with Gasteiger partial charge >= 0.3 is 6.03 Å². The summed E-state index contributed by atoms with van der Waals surface area (Å²) in [5.74, 6) is 0.566. The Hall–Kier alpha value is -4.70. The van der Waals surface area contributed by atoms with Crippen LogP contribution in [-0.2, 0) is 23.5 Å². The average Bonchev–Trinajstić information content (AvgIpc) is 3.58. The van der Waals surface area contributed by atoms with Crippen LogP contribution in [0, 0.1) is 6.92 Å². The van der Waals surface area contributed by atoms with E-state index in [9.17, 15) is 13.2 Å². The summed E-state index contributed by atoms with van der Waals surface area (Å²) in [4.78, 5) is 17.6. The molecule has 2 N–H and O–H groups in total. The van der Waals surface area contributed by atoms with E-state index >= 15 is 0 Å². The Balaban J connectivity index is 1.43. The van der Waals surface area contributed by atoms with Crippen LogP contribution in [0.15, 0.2) is 109 Å². The Kier molecular flexibility index (Phi) is 7.29. The highest BCUT2D eigenvalue weighted by molar-refractivity contribution is 7.90. The first-order valence-corrected chi connectivity index (χ1v) is 13.8. The third-order valence-electron chi connectivity index (χ3n) is 6.36. The molecule has 198 valence electrons. The van der Waals surface area contributed by atoms with E-state index in [0.29, 0.717) is 17.8 Å². The summed E-state index contributed by atoms with van der Waals surface area (Å²) in [7, 11) is -2.19. The fourth-order valence-electron chi connectivity index (χ4n) is 4.46. The van der Waals surface area contributed by atoms with Gasteiger partial charge in [0.05, 0.1) is 17.1 Å². The molecule has 0 fully saturated rings. The lowest BCUT2D eigenvalue weighted by Crippen LogP contribution is -2.42. The van der Waals surface area contributed by atoms with Crippen molar-refractivity contribution in [3.05, 3.63) is 121 Å². The number of imidazole rings is 1. The van der Waals surface area contributed by atoms with Crippen molar-refractivity contribution in [1.29, 1.82) is 0 Å². The largest absolute Gasteiger partial charge is 0.329 e. The van der Waals surface area contributed by atoms with Crippen LogP contribution in [0.5, 0.6) is 0 Å². The minimum atomic E-state index is -4.07. The van der Waals surface area contributed by atoms with Gasteiger partial charge in [-0.2, -0.15) is 5.10 Å². The maximum absolute atomic E-state index is 13.0. The van der Waals surface area contributed by atoms with Gasteiger partial charge in [-0.1, -0.05) is 60.7 Å². The molecule has 0 spiro atoms. The van der Waals surface area contributed by atoms with Crippen LogP contribution < -0.4 is 10.0 Å². The van der Waals surface area contributed by atoms with E-state index in [2.05, 4.69) is 20.1 Å². The van der Waals surface area contributed by atoms with Gasteiger partial charge in [-0.3, -0.25) is 4.68 Å². The van der Waals surface area contributed by atoms with Gasteiger partial charge in [0.25, 0.3) is 10.0 Å². The van der Waals surface area contributed by atoms with Crippen molar-refractivity contribution in [2.45, 2.75) is 24.3 Å². The van der Waals surface area contributed by atoms with Crippen molar-refractivity contribution >= 4 is 16.1 Å². The summed E-state index contributed by atoms with van der Waals surface area (Å²) in [6, 6.07) is 22.6. The molecule has 3 aromatic carbocycles. The number of carbonyl (C=O) groups excluding carboxylic acids is 1. The van der Waals surface area contributed by atoms with E-state index in [1.54, 1.807) is 42.2 Å². The molecule has 10 heteroatoms. The molecular weight excluding hydrogens is 512 g/mol. The number of carbonyl (C=O) groups is 1. The predicted octanol–water partition coefficient (Wildman–Crippen LogP) is 4.55. The Bertz CT molecular complexity index is 1690. The second kappa shape index (κ2) is 11.0. The Morgan fingerprint density at radius 2 is 1.67 bits per heavy atom. The van der Waals surface area contributed by atoms with E-state index in [1.165, 1.54) is 6.07 Å². The number of amides is 2. The summed E-state index contributed by atoms with van der Waals surface area (Å²) in [5, 5.41) is 7.07. The third kappa shape index (κ3) is 5.91. The Morgan fingerprint density at radius 3 is 2.36 bits per heavy atom. The summed E-state index contributed by atoms with van der Waals surface area (Å²) < 4.78 is 31.7. The summed E-state index contributed by atoms with van der Waals surface area (Å²) in [6.45, 7) is 1.68. The zero-order valence-electron chi connectivity index (χ0n) is 21.5. The molecule has 0 unspecified atom stereocenters. The van der Waals surface area contributed by atoms with Crippen LogP contribution in [0.1, 0.15) is 23.0 Å². The van der Waals surface area contributed by atoms with E-state index in [0.717, 1.165) is 22.4 Å². The molecule has 0 radical (unpaired) electrons. The minimum Gasteiger partial charge on any atom is -0.327 e. The highest BCUT2D eigenvalue weighted by Crippen LogP contribution is 2.24. The van der Waals surface area contributed by atoms with Gasteiger partial charge in [0.15, 0.2) is 0 Å². The van der Waals surface area contributed by atoms with Crippen molar-refractivity contribution in [1.82, 2.24) is 29.4 Å². The number of hydrogen-bond donors (Lipinski definition) is 2. The maximum Gasteiger partial charge on any atom is 0.329 e. The molecule has 2 heterocycles. The molecule has 5 rings (SSSR count). The summed E-state index contributed by atoms with van der Waals surface area (Å²) in [5.41, 5.74) is 4.39. The number of rotatable bonds is 8. The standard InChI is InChI=1S/C29H28N6O3S/c1-21-8-6-7-11-27(21)39(37,38)33-29(36)32-26(18-22-9-4-3-5-10-22)28-30-16-17-35(28)25-14-12-23(13-15-25)24-19-31-34(2)20-24/h3-17,19-20,26H,18H2,1-2H3,(H2,32,33,36)/t26-/m0/s1. The van der Waals surface area contributed by atoms with Gasteiger partial charge in [0, 0.05) is 36.9 Å². The lowest BCUT2D eigenvalue weighted by Gasteiger charge is -2.21. The van der Waals surface area contributed by atoms with Crippen molar-refractivity contribution in [2.75, 3.05) is 0 Å². The molecule has 2 amide bonds. The van der Waals surface area contributed by atoms with Crippen molar-refractivity contribution < 1.29 is 13.2 Å². The maximum atomic E-state index is 13.0. The molecule has 1 atom stereocenters. The number of urea groups is 1. The highest BCUT2D eigenvalue weighted by atomic mass is 32.2. The van der Waals surface area contributed by atoms with Crippen molar-refractivity contribution in [3.8, 4) is 16.8 Å². The monoisotopic (exact) mass is 540 g/mol. The molecule has 5 aromatic rings. The first-order chi connectivity index (χ1) is 18.8. The first-order valence-electron chi connectivity index (χ1n) is 12.4. The fraction of sp³-hybridized carbons (Fsp3) is 0.138. The highest BCUT2D eigenvalue weighted by Gasteiger charge is 2.25. The quantitative estimate of drug-likeness (QED) is 0.300. The lowest BCUT2D eigenvalue weighted by atomic mass is 10.0. The second-order valence-corrected chi connectivity index (χ2v) is 10.8. The first kappa shape index (κ1) is 25.9. The molecule has 9 nitrogen and oxygen atoms in total.